The molecule has 0 spiro atoms. The molecule has 110 valence electrons. The van der Waals surface area contributed by atoms with Crippen molar-refractivity contribution in [3.8, 4) is 0 Å². The molecule has 2 rings (SSSR count). The average molecular weight is 351 g/mol. The van der Waals surface area contributed by atoms with E-state index in [1.807, 2.05) is 13.0 Å². The monoisotopic (exact) mass is 350 g/mol. The molecule has 0 heterocycles. The number of hydrogen-bond acceptors (Lipinski definition) is 2. The maximum atomic E-state index is 13.9. The van der Waals surface area contributed by atoms with E-state index < -0.39 is 0 Å². The smallest absolute Gasteiger partial charge is 0.251 e. The highest BCUT2D eigenvalue weighted by atomic mass is 79.9. The van der Waals surface area contributed by atoms with Crippen LogP contribution in [0.25, 0.3) is 0 Å². The van der Waals surface area contributed by atoms with Gasteiger partial charge in [0.1, 0.15) is 5.82 Å². The predicted octanol–water partition coefficient (Wildman–Crippen LogP) is 4.12. The third kappa shape index (κ3) is 3.82. The van der Waals surface area contributed by atoms with Crippen molar-refractivity contribution in [2.24, 2.45) is 0 Å². The molecule has 1 atom stereocenters. The van der Waals surface area contributed by atoms with Gasteiger partial charge >= 0.3 is 0 Å². The van der Waals surface area contributed by atoms with Crippen LogP contribution in [0.3, 0.4) is 0 Å². The Balaban J connectivity index is 2.21. The van der Waals surface area contributed by atoms with Crippen LogP contribution in [0, 0.1) is 5.82 Å². The molecule has 0 radical (unpaired) electrons. The minimum atomic E-state index is -0.263. The second-order valence-corrected chi connectivity index (χ2v) is 5.61. The second-order valence-electron chi connectivity index (χ2n) is 4.69. The molecule has 0 aliphatic rings. The lowest BCUT2D eigenvalue weighted by molar-refractivity contribution is 0.0963. The van der Waals surface area contributed by atoms with Crippen molar-refractivity contribution in [3.05, 3.63) is 63.9 Å². The Kier molecular flexibility index (Phi) is 4.96. The molecule has 5 heteroatoms. The van der Waals surface area contributed by atoms with E-state index in [1.54, 1.807) is 37.4 Å². The lowest BCUT2D eigenvalue weighted by Crippen LogP contribution is -2.18. The number of carbonyl (C=O) groups is 1. The molecular formula is C16H16BrFN2O. The molecular weight excluding hydrogens is 335 g/mol. The highest BCUT2D eigenvalue weighted by Gasteiger charge is 2.12. The van der Waals surface area contributed by atoms with Gasteiger partial charge in [-0.05, 0) is 43.3 Å². The number of halogens is 2. The minimum Gasteiger partial charge on any atom is -0.378 e. The van der Waals surface area contributed by atoms with Gasteiger partial charge in [-0.15, -0.1) is 0 Å². The Morgan fingerprint density at radius 2 is 2.00 bits per heavy atom. The van der Waals surface area contributed by atoms with Crippen LogP contribution in [0.4, 0.5) is 10.1 Å². The first-order chi connectivity index (χ1) is 10.0. The van der Waals surface area contributed by atoms with Gasteiger partial charge in [-0.2, -0.15) is 0 Å². The van der Waals surface area contributed by atoms with Crippen LogP contribution >= 0.6 is 15.9 Å². The van der Waals surface area contributed by atoms with Crippen LogP contribution in [-0.2, 0) is 0 Å². The first-order valence-corrected chi connectivity index (χ1v) is 7.34. The molecule has 0 saturated carbocycles. The van der Waals surface area contributed by atoms with Gasteiger partial charge in [0, 0.05) is 28.3 Å². The first-order valence-electron chi connectivity index (χ1n) is 6.55. The van der Waals surface area contributed by atoms with Gasteiger partial charge < -0.3 is 10.6 Å². The average Bonchev–Trinajstić information content (AvgIpc) is 2.49. The van der Waals surface area contributed by atoms with Crippen LogP contribution < -0.4 is 10.6 Å². The van der Waals surface area contributed by atoms with E-state index >= 15 is 0 Å². The normalized spacial score (nSPS) is 11.8. The lowest BCUT2D eigenvalue weighted by atomic mass is 10.1. The molecule has 1 unspecified atom stereocenters. The largest absolute Gasteiger partial charge is 0.378 e. The maximum Gasteiger partial charge on any atom is 0.251 e. The van der Waals surface area contributed by atoms with Gasteiger partial charge in [0.15, 0.2) is 0 Å². The summed E-state index contributed by atoms with van der Waals surface area (Å²) in [5.41, 5.74) is 1.89. The summed E-state index contributed by atoms with van der Waals surface area (Å²) >= 11 is 3.34. The number of rotatable bonds is 4. The van der Waals surface area contributed by atoms with Crippen molar-refractivity contribution in [1.82, 2.24) is 5.32 Å². The highest BCUT2D eigenvalue weighted by Crippen LogP contribution is 2.25. The minimum absolute atomic E-state index is 0.153. The van der Waals surface area contributed by atoms with Gasteiger partial charge in [-0.25, -0.2) is 4.39 Å². The number of hydrogen-bond donors (Lipinski definition) is 2. The van der Waals surface area contributed by atoms with Crippen LogP contribution in [0.15, 0.2) is 46.9 Å². The molecule has 0 aliphatic carbocycles. The molecule has 0 bridgehead atoms. The SMILES string of the molecule is CNC(=O)c1cccc(NC(C)c2cc(Br)ccc2F)c1. The molecule has 1 amide bonds. The van der Waals surface area contributed by atoms with Crippen LogP contribution in [-0.4, -0.2) is 13.0 Å². The van der Waals surface area contributed by atoms with E-state index in [0.717, 1.165) is 10.2 Å². The Labute approximate surface area is 131 Å². The van der Waals surface area contributed by atoms with Crippen molar-refractivity contribution in [1.29, 1.82) is 0 Å². The topological polar surface area (TPSA) is 41.1 Å². The van der Waals surface area contributed by atoms with Crippen molar-refractivity contribution < 1.29 is 9.18 Å². The quantitative estimate of drug-likeness (QED) is 0.870. The summed E-state index contributed by atoms with van der Waals surface area (Å²) in [6.45, 7) is 1.87. The predicted molar refractivity (Wildman–Crippen MR) is 86.0 cm³/mol. The van der Waals surface area contributed by atoms with E-state index in [0.29, 0.717) is 11.1 Å². The summed E-state index contributed by atoms with van der Waals surface area (Å²) in [6, 6.07) is 11.7. The fraction of sp³-hybridized carbons (Fsp3) is 0.188. The Hall–Kier alpha value is -1.88. The fourth-order valence-electron chi connectivity index (χ4n) is 2.07. The first kappa shape index (κ1) is 15.5. The van der Waals surface area contributed by atoms with E-state index in [1.165, 1.54) is 6.07 Å². The van der Waals surface area contributed by atoms with Gasteiger partial charge in [-0.1, -0.05) is 22.0 Å². The van der Waals surface area contributed by atoms with Crippen LogP contribution in [0.5, 0.6) is 0 Å². The molecule has 2 aromatic carbocycles. The summed E-state index contributed by atoms with van der Waals surface area (Å²) in [5.74, 6) is -0.416. The van der Waals surface area contributed by atoms with Crippen molar-refractivity contribution in [2.75, 3.05) is 12.4 Å². The maximum absolute atomic E-state index is 13.9. The molecule has 0 saturated heterocycles. The Morgan fingerprint density at radius 1 is 1.24 bits per heavy atom. The highest BCUT2D eigenvalue weighted by molar-refractivity contribution is 9.10. The summed E-state index contributed by atoms with van der Waals surface area (Å²) in [7, 11) is 1.59. The van der Waals surface area contributed by atoms with Crippen molar-refractivity contribution >= 4 is 27.5 Å². The zero-order chi connectivity index (χ0) is 15.4. The van der Waals surface area contributed by atoms with Crippen LogP contribution in [0.1, 0.15) is 28.9 Å². The van der Waals surface area contributed by atoms with E-state index in [9.17, 15) is 9.18 Å². The molecule has 21 heavy (non-hydrogen) atoms. The zero-order valence-corrected chi connectivity index (χ0v) is 13.4. The zero-order valence-electron chi connectivity index (χ0n) is 11.8. The van der Waals surface area contributed by atoms with Gasteiger partial charge in [0.25, 0.3) is 5.91 Å². The number of carbonyl (C=O) groups excluding carboxylic acids is 1. The Morgan fingerprint density at radius 3 is 2.71 bits per heavy atom. The van der Waals surface area contributed by atoms with Gasteiger partial charge in [0.05, 0.1) is 6.04 Å². The van der Waals surface area contributed by atoms with Gasteiger partial charge in [0.2, 0.25) is 0 Å². The standard InChI is InChI=1S/C16H16BrFN2O/c1-10(14-9-12(17)6-7-15(14)18)20-13-5-3-4-11(8-13)16(21)19-2/h3-10,20H,1-2H3,(H,19,21). The van der Waals surface area contributed by atoms with E-state index in [-0.39, 0.29) is 17.8 Å². The third-order valence-corrected chi connectivity index (χ3v) is 3.65. The fourth-order valence-corrected chi connectivity index (χ4v) is 2.45. The summed E-state index contributed by atoms with van der Waals surface area (Å²) < 4.78 is 14.7. The summed E-state index contributed by atoms with van der Waals surface area (Å²) in [4.78, 5) is 11.6. The molecule has 0 fully saturated rings. The van der Waals surface area contributed by atoms with E-state index in [2.05, 4.69) is 26.6 Å². The number of anilines is 1. The lowest BCUT2D eigenvalue weighted by Gasteiger charge is -2.17. The molecule has 3 nitrogen and oxygen atoms in total. The molecule has 2 N–H and O–H groups in total. The number of benzene rings is 2. The molecule has 0 aliphatic heterocycles. The van der Waals surface area contributed by atoms with Crippen LogP contribution in [0.2, 0.25) is 0 Å². The molecule has 2 aromatic rings. The summed E-state index contributed by atoms with van der Waals surface area (Å²) in [5, 5.41) is 5.78. The van der Waals surface area contributed by atoms with E-state index in [4.69, 9.17) is 0 Å². The number of nitrogens with one attached hydrogen (secondary N) is 2. The molecule has 0 aromatic heterocycles. The summed E-state index contributed by atoms with van der Waals surface area (Å²) in [6.07, 6.45) is 0. The van der Waals surface area contributed by atoms with Crippen molar-refractivity contribution in [2.45, 2.75) is 13.0 Å². The van der Waals surface area contributed by atoms with Crippen molar-refractivity contribution in [3.63, 3.8) is 0 Å². The Bertz CT molecular complexity index is 660. The third-order valence-electron chi connectivity index (χ3n) is 3.16. The number of amides is 1. The second kappa shape index (κ2) is 6.72. The van der Waals surface area contributed by atoms with Gasteiger partial charge in [-0.3, -0.25) is 4.79 Å².